The molecule has 0 aliphatic heterocycles. The molecule has 1 heterocycles. The molecule has 0 radical (unpaired) electrons. The molecule has 0 unspecified atom stereocenters. The van der Waals surface area contributed by atoms with E-state index in [1.807, 2.05) is 6.07 Å². The third-order valence-electron chi connectivity index (χ3n) is 2.05. The molecule has 6 nitrogen and oxygen atoms in total. The zero-order valence-electron chi connectivity index (χ0n) is 8.77. The van der Waals surface area contributed by atoms with Crippen molar-refractivity contribution in [3.8, 4) is 6.07 Å². The molecule has 0 atom stereocenters. The van der Waals surface area contributed by atoms with Gasteiger partial charge in [-0.25, -0.2) is 0 Å². The van der Waals surface area contributed by atoms with Crippen LogP contribution in [0.25, 0.3) is 0 Å². The third kappa shape index (κ3) is 2.60. The van der Waals surface area contributed by atoms with Crippen LogP contribution in [0.1, 0.15) is 5.56 Å². The van der Waals surface area contributed by atoms with E-state index in [0.29, 0.717) is 11.4 Å². The van der Waals surface area contributed by atoms with Crippen molar-refractivity contribution in [1.82, 2.24) is 9.97 Å². The lowest BCUT2D eigenvalue weighted by Gasteiger charge is -2.05. The molecule has 2 rings (SSSR count). The lowest BCUT2D eigenvalue weighted by molar-refractivity contribution is 1.14. The Balaban J connectivity index is 2.25. The topological polar surface area (TPSA) is 108 Å². The minimum Gasteiger partial charge on any atom is -0.369 e. The number of rotatable bonds is 2. The average molecular weight is 227 g/mol. The fraction of sp³-hybridized carbons (Fsp3) is 0. The van der Waals surface area contributed by atoms with Gasteiger partial charge in [0.15, 0.2) is 0 Å². The summed E-state index contributed by atoms with van der Waals surface area (Å²) in [6.07, 6.45) is 0. The minimum atomic E-state index is -0.325. The van der Waals surface area contributed by atoms with E-state index in [9.17, 15) is 4.79 Å². The van der Waals surface area contributed by atoms with Crippen LogP contribution in [-0.4, -0.2) is 9.97 Å². The number of benzene rings is 1. The second kappa shape index (κ2) is 4.37. The summed E-state index contributed by atoms with van der Waals surface area (Å²) in [5, 5.41) is 11.6. The summed E-state index contributed by atoms with van der Waals surface area (Å²) < 4.78 is 0. The Morgan fingerprint density at radius 1 is 1.35 bits per heavy atom. The second-order valence-electron chi connectivity index (χ2n) is 3.33. The number of aromatic amines is 1. The number of anilines is 3. The zero-order chi connectivity index (χ0) is 12.3. The van der Waals surface area contributed by atoms with Crippen molar-refractivity contribution in [2.45, 2.75) is 0 Å². The Kier molecular flexibility index (Phi) is 2.75. The molecule has 0 amide bonds. The van der Waals surface area contributed by atoms with Crippen molar-refractivity contribution >= 4 is 17.5 Å². The first kappa shape index (κ1) is 10.7. The highest BCUT2D eigenvalue weighted by atomic mass is 16.1. The van der Waals surface area contributed by atoms with Crippen LogP contribution in [0, 0.1) is 11.3 Å². The SMILES string of the molecule is N#Cc1ccc(Nc2cc(=O)[nH]c(N)n2)cc1. The number of nitriles is 1. The molecule has 4 N–H and O–H groups in total. The predicted octanol–water partition coefficient (Wildman–Crippen LogP) is 0.967. The molecule has 1 aromatic carbocycles. The van der Waals surface area contributed by atoms with Crippen LogP contribution in [0.3, 0.4) is 0 Å². The highest BCUT2D eigenvalue weighted by Crippen LogP contribution is 2.13. The van der Waals surface area contributed by atoms with Crippen molar-refractivity contribution in [3.05, 3.63) is 46.2 Å². The number of hydrogen-bond acceptors (Lipinski definition) is 5. The number of hydrogen-bond donors (Lipinski definition) is 3. The largest absolute Gasteiger partial charge is 0.369 e. The van der Waals surface area contributed by atoms with Crippen molar-refractivity contribution in [1.29, 1.82) is 5.26 Å². The van der Waals surface area contributed by atoms with Crippen molar-refractivity contribution in [2.24, 2.45) is 0 Å². The van der Waals surface area contributed by atoms with Gasteiger partial charge in [0, 0.05) is 11.8 Å². The van der Waals surface area contributed by atoms with Gasteiger partial charge in [-0.1, -0.05) is 0 Å². The molecule has 0 aliphatic rings. The molecule has 0 aliphatic carbocycles. The Hall–Kier alpha value is -2.81. The first-order chi connectivity index (χ1) is 8.17. The fourth-order valence-corrected chi connectivity index (χ4v) is 1.32. The van der Waals surface area contributed by atoms with Gasteiger partial charge < -0.3 is 11.1 Å². The van der Waals surface area contributed by atoms with Crippen molar-refractivity contribution in [2.75, 3.05) is 11.1 Å². The molecule has 0 fully saturated rings. The van der Waals surface area contributed by atoms with E-state index in [0.717, 1.165) is 5.69 Å². The van der Waals surface area contributed by atoms with Gasteiger partial charge in [-0.2, -0.15) is 10.2 Å². The molecule has 17 heavy (non-hydrogen) atoms. The molecule has 0 bridgehead atoms. The van der Waals surface area contributed by atoms with Gasteiger partial charge in [0.2, 0.25) is 5.95 Å². The summed E-state index contributed by atoms with van der Waals surface area (Å²) in [6, 6.07) is 10.1. The van der Waals surface area contributed by atoms with Crippen LogP contribution in [0.2, 0.25) is 0 Å². The summed E-state index contributed by atoms with van der Waals surface area (Å²) in [4.78, 5) is 17.4. The van der Waals surface area contributed by atoms with Crippen molar-refractivity contribution < 1.29 is 0 Å². The molecule has 84 valence electrons. The molecule has 2 aromatic rings. The lowest BCUT2D eigenvalue weighted by Crippen LogP contribution is -2.11. The molecular weight excluding hydrogens is 218 g/mol. The van der Waals surface area contributed by atoms with Crippen LogP contribution < -0.4 is 16.6 Å². The molecule has 0 spiro atoms. The Morgan fingerprint density at radius 3 is 2.65 bits per heavy atom. The number of nitrogens with two attached hydrogens (primary N) is 1. The number of nitrogens with zero attached hydrogens (tertiary/aromatic N) is 2. The number of H-pyrrole nitrogens is 1. The van der Waals surface area contributed by atoms with Crippen LogP contribution in [0.15, 0.2) is 35.1 Å². The van der Waals surface area contributed by atoms with Crippen LogP contribution in [0.5, 0.6) is 0 Å². The third-order valence-corrected chi connectivity index (χ3v) is 2.05. The van der Waals surface area contributed by atoms with E-state index in [-0.39, 0.29) is 11.5 Å². The highest BCUT2D eigenvalue weighted by Gasteiger charge is 1.99. The van der Waals surface area contributed by atoms with E-state index in [1.165, 1.54) is 6.07 Å². The van der Waals surface area contributed by atoms with Gasteiger partial charge >= 0.3 is 0 Å². The van der Waals surface area contributed by atoms with Gasteiger partial charge in [0.1, 0.15) is 5.82 Å². The van der Waals surface area contributed by atoms with Gasteiger partial charge in [-0.05, 0) is 24.3 Å². The predicted molar refractivity (Wildman–Crippen MR) is 63.7 cm³/mol. The highest BCUT2D eigenvalue weighted by molar-refractivity contribution is 5.57. The fourth-order valence-electron chi connectivity index (χ4n) is 1.32. The number of aromatic nitrogens is 2. The maximum absolute atomic E-state index is 11.1. The van der Waals surface area contributed by atoms with Gasteiger partial charge in [-0.15, -0.1) is 0 Å². The van der Waals surface area contributed by atoms with E-state index >= 15 is 0 Å². The minimum absolute atomic E-state index is 0.0497. The molecule has 0 saturated heterocycles. The summed E-state index contributed by atoms with van der Waals surface area (Å²) in [5.74, 6) is 0.407. The number of nitrogen functional groups attached to an aromatic ring is 1. The summed E-state index contributed by atoms with van der Waals surface area (Å²) in [7, 11) is 0. The maximum Gasteiger partial charge on any atom is 0.254 e. The average Bonchev–Trinajstić information content (AvgIpc) is 2.28. The van der Waals surface area contributed by atoms with Crippen LogP contribution >= 0.6 is 0 Å². The lowest BCUT2D eigenvalue weighted by atomic mass is 10.2. The molecule has 0 saturated carbocycles. The van der Waals surface area contributed by atoms with E-state index in [2.05, 4.69) is 15.3 Å². The van der Waals surface area contributed by atoms with Crippen LogP contribution in [0.4, 0.5) is 17.5 Å². The van der Waals surface area contributed by atoms with Gasteiger partial charge in [0.05, 0.1) is 11.6 Å². The van der Waals surface area contributed by atoms with E-state index in [4.69, 9.17) is 11.0 Å². The normalized spacial score (nSPS) is 9.59. The zero-order valence-corrected chi connectivity index (χ0v) is 8.77. The Labute approximate surface area is 96.7 Å². The van der Waals surface area contributed by atoms with Gasteiger partial charge in [-0.3, -0.25) is 9.78 Å². The van der Waals surface area contributed by atoms with E-state index < -0.39 is 0 Å². The molecular formula is C11H9N5O. The Morgan fingerprint density at radius 2 is 2.06 bits per heavy atom. The quantitative estimate of drug-likeness (QED) is 0.708. The second-order valence-corrected chi connectivity index (χ2v) is 3.33. The van der Waals surface area contributed by atoms with Crippen molar-refractivity contribution in [3.63, 3.8) is 0 Å². The first-order valence-corrected chi connectivity index (χ1v) is 4.81. The summed E-state index contributed by atoms with van der Waals surface area (Å²) >= 11 is 0. The smallest absolute Gasteiger partial charge is 0.254 e. The summed E-state index contributed by atoms with van der Waals surface area (Å²) in [6.45, 7) is 0. The Bertz CT molecular complexity index is 624. The van der Waals surface area contributed by atoms with Crippen LogP contribution in [-0.2, 0) is 0 Å². The summed E-state index contributed by atoms with van der Waals surface area (Å²) in [5.41, 5.74) is 6.37. The monoisotopic (exact) mass is 227 g/mol. The standard InChI is InChI=1S/C11H9N5O/c12-6-7-1-3-8(4-2-7)14-9-5-10(17)16-11(13)15-9/h1-5H,(H4,13,14,15,16,17). The maximum atomic E-state index is 11.1. The first-order valence-electron chi connectivity index (χ1n) is 4.81. The van der Waals surface area contributed by atoms with Gasteiger partial charge in [0.25, 0.3) is 5.56 Å². The number of nitrogens with one attached hydrogen (secondary N) is 2. The molecule has 1 aromatic heterocycles. The molecule has 6 heteroatoms. The van der Waals surface area contributed by atoms with E-state index in [1.54, 1.807) is 24.3 Å².